The number of benzene rings is 1. The molecular formula is C23H32IN5O2. The van der Waals surface area contributed by atoms with Gasteiger partial charge in [0, 0.05) is 32.4 Å². The molecule has 2 aromatic rings. The van der Waals surface area contributed by atoms with Crippen LogP contribution in [0, 0.1) is 0 Å². The lowest BCUT2D eigenvalue weighted by Crippen LogP contribution is -2.36. The molecule has 0 atom stereocenters. The van der Waals surface area contributed by atoms with Crippen LogP contribution in [0.15, 0.2) is 41.5 Å². The van der Waals surface area contributed by atoms with E-state index in [1.165, 1.54) is 25.7 Å². The summed E-state index contributed by atoms with van der Waals surface area (Å²) in [6.07, 6.45) is 7.13. The van der Waals surface area contributed by atoms with E-state index in [0.717, 1.165) is 54.0 Å². The molecule has 0 unspecified atom stereocenters. The summed E-state index contributed by atoms with van der Waals surface area (Å²) >= 11 is 0. The molecule has 1 aromatic heterocycles. The molecule has 1 saturated heterocycles. The molecule has 3 heterocycles. The molecule has 0 amide bonds. The largest absolute Gasteiger partial charge is 0.454 e. The van der Waals surface area contributed by atoms with Gasteiger partial charge in [0.05, 0.1) is 6.54 Å². The Balaban J connectivity index is 0.00000272. The number of nitrogens with zero attached hydrogens (tertiary/aromatic N) is 3. The van der Waals surface area contributed by atoms with Crippen LogP contribution in [-0.2, 0) is 13.1 Å². The van der Waals surface area contributed by atoms with Gasteiger partial charge in [-0.15, -0.1) is 24.0 Å². The lowest BCUT2D eigenvalue weighted by molar-refractivity contribution is 0.174. The Bertz CT molecular complexity index is 852. The van der Waals surface area contributed by atoms with Gasteiger partial charge < -0.3 is 25.0 Å². The summed E-state index contributed by atoms with van der Waals surface area (Å²) in [7, 11) is 0. The molecule has 1 aromatic carbocycles. The molecule has 0 saturated carbocycles. The van der Waals surface area contributed by atoms with E-state index in [-0.39, 0.29) is 24.0 Å². The number of anilines is 1. The van der Waals surface area contributed by atoms with E-state index in [0.29, 0.717) is 19.9 Å². The van der Waals surface area contributed by atoms with Crippen molar-refractivity contribution in [3.63, 3.8) is 0 Å². The summed E-state index contributed by atoms with van der Waals surface area (Å²) in [5, 5.41) is 6.68. The van der Waals surface area contributed by atoms with E-state index in [1.54, 1.807) is 0 Å². The molecule has 0 spiro atoms. The number of aliphatic imine (C=N–C) groups is 1. The van der Waals surface area contributed by atoms with E-state index in [2.05, 4.69) is 39.6 Å². The van der Waals surface area contributed by atoms with Crippen molar-refractivity contribution in [1.29, 1.82) is 0 Å². The van der Waals surface area contributed by atoms with Crippen molar-refractivity contribution in [3.8, 4) is 11.5 Å². The van der Waals surface area contributed by atoms with Crippen LogP contribution in [0.4, 0.5) is 5.82 Å². The van der Waals surface area contributed by atoms with Gasteiger partial charge in [0.25, 0.3) is 0 Å². The van der Waals surface area contributed by atoms with Crippen LogP contribution in [0.3, 0.4) is 0 Å². The zero-order valence-corrected chi connectivity index (χ0v) is 20.4. The average Bonchev–Trinajstić information content (AvgIpc) is 3.08. The highest BCUT2D eigenvalue weighted by molar-refractivity contribution is 14.0. The first-order chi connectivity index (χ1) is 14.8. The summed E-state index contributed by atoms with van der Waals surface area (Å²) in [5.74, 6) is 3.46. The predicted octanol–water partition coefficient (Wildman–Crippen LogP) is 4.06. The van der Waals surface area contributed by atoms with Crippen LogP contribution < -0.4 is 25.0 Å². The summed E-state index contributed by atoms with van der Waals surface area (Å²) in [6.45, 7) is 6.63. The third-order valence-electron chi connectivity index (χ3n) is 5.40. The minimum atomic E-state index is 0. The van der Waals surface area contributed by atoms with Gasteiger partial charge >= 0.3 is 0 Å². The van der Waals surface area contributed by atoms with Gasteiger partial charge in [0.2, 0.25) is 6.79 Å². The highest BCUT2D eigenvalue weighted by Gasteiger charge is 2.13. The van der Waals surface area contributed by atoms with Gasteiger partial charge in [0.15, 0.2) is 17.5 Å². The van der Waals surface area contributed by atoms with Crippen LogP contribution in [0.25, 0.3) is 0 Å². The maximum absolute atomic E-state index is 5.45. The van der Waals surface area contributed by atoms with Crippen molar-refractivity contribution in [2.75, 3.05) is 31.3 Å². The molecule has 0 bridgehead atoms. The van der Waals surface area contributed by atoms with Gasteiger partial charge in [-0.1, -0.05) is 25.0 Å². The fraction of sp³-hybridized carbons (Fsp3) is 0.478. The Morgan fingerprint density at radius 1 is 1.00 bits per heavy atom. The fourth-order valence-corrected chi connectivity index (χ4v) is 3.75. The molecular weight excluding hydrogens is 505 g/mol. The highest BCUT2D eigenvalue weighted by Crippen LogP contribution is 2.32. The first-order valence-corrected chi connectivity index (χ1v) is 10.9. The van der Waals surface area contributed by atoms with E-state index < -0.39 is 0 Å². The SMILES string of the molecule is CCNC(=NCc1ccc(N2CCCCCC2)nc1)NCc1ccc2c(c1)OCO2.I. The van der Waals surface area contributed by atoms with Gasteiger partial charge in [0.1, 0.15) is 5.82 Å². The molecule has 8 heteroatoms. The number of hydrogen-bond donors (Lipinski definition) is 2. The van der Waals surface area contributed by atoms with Crippen molar-refractivity contribution in [2.45, 2.75) is 45.7 Å². The van der Waals surface area contributed by atoms with E-state index >= 15 is 0 Å². The van der Waals surface area contributed by atoms with Gasteiger partial charge in [-0.25, -0.2) is 9.98 Å². The first kappa shape index (κ1) is 23.4. The second-order valence-electron chi connectivity index (χ2n) is 7.66. The second kappa shape index (κ2) is 12.0. The number of fused-ring (bicyclic) bond motifs is 1. The van der Waals surface area contributed by atoms with Crippen LogP contribution in [-0.4, -0.2) is 37.4 Å². The van der Waals surface area contributed by atoms with Crippen LogP contribution in [0.1, 0.15) is 43.7 Å². The molecule has 168 valence electrons. The minimum Gasteiger partial charge on any atom is -0.454 e. The second-order valence-corrected chi connectivity index (χ2v) is 7.66. The number of ether oxygens (including phenoxy) is 2. The molecule has 2 aliphatic rings. The number of pyridine rings is 1. The minimum absolute atomic E-state index is 0. The maximum atomic E-state index is 5.45. The normalized spacial score (nSPS) is 15.8. The van der Waals surface area contributed by atoms with Crippen molar-refractivity contribution >= 4 is 35.8 Å². The molecule has 4 rings (SSSR count). The smallest absolute Gasteiger partial charge is 0.231 e. The molecule has 7 nitrogen and oxygen atoms in total. The Morgan fingerprint density at radius 3 is 2.52 bits per heavy atom. The number of rotatable bonds is 6. The average molecular weight is 537 g/mol. The summed E-state index contributed by atoms with van der Waals surface area (Å²) < 4.78 is 10.8. The van der Waals surface area contributed by atoms with Gasteiger partial charge in [-0.3, -0.25) is 0 Å². The first-order valence-electron chi connectivity index (χ1n) is 10.9. The number of nitrogens with one attached hydrogen (secondary N) is 2. The van der Waals surface area contributed by atoms with Crippen molar-refractivity contribution in [3.05, 3.63) is 47.7 Å². The van der Waals surface area contributed by atoms with Crippen molar-refractivity contribution in [1.82, 2.24) is 15.6 Å². The zero-order chi connectivity index (χ0) is 20.6. The number of halogens is 1. The molecule has 31 heavy (non-hydrogen) atoms. The van der Waals surface area contributed by atoms with E-state index in [4.69, 9.17) is 14.5 Å². The number of hydrogen-bond acceptors (Lipinski definition) is 5. The van der Waals surface area contributed by atoms with E-state index in [1.807, 2.05) is 24.4 Å². The lowest BCUT2D eigenvalue weighted by Gasteiger charge is -2.21. The number of aromatic nitrogens is 1. The predicted molar refractivity (Wildman–Crippen MR) is 135 cm³/mol. The monoisotopic (exact) mass is 537 g/mol. The Kier molecular flexibility index (Phi) is 9.05. The lowest BCUT2D eigenvalue weighted by atomic mass is 10.2. The Morgan fingerprint density at radius 2 is 1.77 bits per heavy atom. The van der Waals surface area contributed by atoms with Gasteiger partial charge in [-0.2, -0.15) is 0 Å². The molecule has 2 aliphatic heterocycles. The highest BCUT2D eigenvalue weighted by atomic mass is 127. The topological polar surface area (TPSA) is 71.0 Å². The number of guanidine groups is 1. The van der Waals surface area contributed by atoms with Gasteiger partial charge in [-0.05, 0) is 49.1 Å². The summed E-state index contributed by atoms with van der Waals surface area (Å²) in [6, 6.07) is 10.3. The maximum Gasteiger partial charge on any atom is 0.231 e. The van der Waals surface area contributed by atoms with Crippen LogP contribution in [0.2, 0.25) is 0 Å². The standard InChI is InChI=1S/C23H31N5O2.HI/c1-2-24-23(26-14-18-7-9-20-21(13-18)30-17-29-20)27-16-19-8-10-22(25-15-19)28-11-5-3-4-6-12-28;/h7-10,13,15H,2-6,11-12,14,16-17H2,1H3,(H2,24,26,27);1H. The van der Waals surface area contributed by atoms with Crippen molar-refractivity contribution < 1.29 is 9.47 Å². The summed E-state index contributed by atoms with van der Waals surface area (Å²) in [5.41, 5.74) is 2.22. The van der Waals surface area contributed by atoms with E-state index in [9.17, 15) is 0 Å². The molecule has 0 radical (unpaired) electrons. The third kappa shape index (κ3) is 6.62. The fourth-order valence-electron chi connectivity index (χ4n) is 3.75. The Labute approximate surface area is 201 Å². The van der Waals surface area contributed by atoms with Crippen LogP contribution in [0.5, 0.6) is 11.5 Å². The van der Waals surface area contributed by atoms with Crippen LogP contribution >= 0.6 is 24.0 Å². The molecule has 1 fully saturated rings. The summed E-state index contributed by atoms with van der Waals surface area (Å²) in [4.78, 5) is 11.8. The quantitative estimate of drug-likeness (QED) is 0.329. The van der Waals surface area contributed by atoms with Crippen molar-refractivity contribution in [2.24, 2.45) is 4.99 Å². The molecule has 0 aliphatic carbocycles. The Hall–Kier alpha value is -2.23. The molecule has 2 N–H and O–H groups in total. The zero-order valence-electron chi connectivity index (χ0n) is 18.1. The third-order valence-corrected chi connectivity index (χ3v) is 5.40.